The number of ether oxygens (including phenoxy) is 1. The largest absolute Gasteiger partial charge is 0.489 e. The number of aryl methyl sites for hydroxylation is 2. The Morgan fingerprint density at radius 1 is 1.25 bits per heavy atom. The highest BCUT2D eigenvalue weighted by molar-refractivity contribution is 9.10. The normalized spacial score (nSPS) is 9.95. The maximum absolute atomic E-state index is 10.5. The molecule has 0 spiro atoms. The summed E-state index contributed by atoms with van der Waals surface area (Å²) in [5.74, 6) is 0.826. The van der Waals surface area contributed by atoms with Gasteiger partial charge in [0.05, 0.1) is 5.69 Å². The van der Waals surface area contributed by atoms with E-state index in [1.165, 1.54) is 5.56 Å². The number of benzene rings is 2. The second-order valence-corrected chi connectivity index (χ2v) is 5.35. The van der Waals surface area contributed by atoms with Gasteiger partial charge in [-0.25, -0.2) is 4.79 Å². The van der Waals surface area contributed by atoms with Gasteiger partial charge in [0.25, 0.3) is 0 Å². The lowest BCUT2D eigenvalue weighted by Crippen LogP contribution is -1.98. The second kappa shape index (κ2) is 6.51. The zero-order valence-electron chi connectivity index (χ0n) is 11.3. The number of isocyanates is 1. The molecule has 0 heterocycles. The van der Waals surface area contributed by atoms with Crippen molar-refractivity contribution in [3.63, 3.8) is 0 Å². The molecule has 102 valence electrons. The van der Waals surface area contributed by atoms with Crippen molar-refractivity contribution >= 4 is 27.7 Å². The lowest BCUT2D eigenvalue weighted by molar-refractivity contribution is 0.304. The zero-order chi connectivity index (χ0) is 14.5. The molecule has 4 heteroatoms. The standard InChI is InChI=1S/C16H14BrNO2/c1-11-6-7-16(12(2)8-11)20-9-13-14(17)4-3-5-15(13)18-10-19/h3-8H,9H2,1-2H3. The van der Waals surface area contributed by atoms with Crippen LogP contribution in [-0.4, -0.2) is 6.08 Å². The van der Waals surface area contributed by atoms with Crippen molar-refractivity contribution in [1.82, 2.24) is 0 Å². The molecule has 0 saturated carbocycles. The third-order valence-corrected chi connectivity index (χ3v) is 3.71. The van der Waals surface area contributed by atoms with E-state index >= 15 is 0 Å². The SMILES string of the molecule is Cc1ccc(OCc2c(Br)cccc2N=C=O)c(C)c1. The van der Waals surface area contributed by atoms with Crippen molar-refractivity contribution < 1.29 is 9.53 Å². The zero-order valence-corrected chi connectivity index (χ0v) is 12.9. The Balaban J connectivity index is 2.24. The number of halogens is 1. The molecule has 0 amide bonds. The summed E-state index contributed by atoms with van der Waals surface area (Å²) < 4.78 is 6.69. The molecule has 0 aromatic heterocycles. The first kappa shape index (κ1) is 14.5. The minimum absolute atomic E-state index is 0.339. The highest BCUT2D eigenvalue weighted by Gasteiger charge is 2.08. The van der Waals surface area contributed by atoms with Crippen LogP contribution in [0.3, 0.4) is 0 Å². The van der Waals surface area contributed by atoms with Crippen LogP contribution in [0.4, 0.5) is 5.69 Å². The van der Waals surface area contributed by atoms with Crippen molar-refractivity contribution in [1.29, 1.82) is 0 Å². The van der Waals surface area contributed by atoms with Crippen LogP contribution in [0.2, 0.25) is 0 Å². The van der Waals surface area contributed by atoms with Gasteiger partial charge in [-0.15, -0.1) is 0 Å². The van der Waals surface area contributed by atoms with E-state index in [0.29, 0.717) is 12.3 Å². The van der Waals surface area contributed by atoms with E-state index < -0.39 is 0 Å². The first-order chi connectivity index (χ1) is 9.61. The smallest absolute Gasteiger partial charge is 0.240 e. The maximum Gasteiger partial charge on any atom is 0.240 e. The van der Waals surface area contributed by atoms with E-state index in [4.69, 9.17) is 4.74 Å². The molecule has 0 aliphatic heterocycles. The summed E-state index contributed by atoms with van der Waals surface area (Å²) in [5.41, 5.74) is 3.68. The van der Waals surface area contributed by atoms with Crippen LogP contribution in [0.25, 0.3) is 0 Å². The molecule has 2 aromatic carbocycles. The quantitative estimate of drug-likeness (QED) is 0.606. The van der Waals surface area contributed by atoms with Crippen LogP contribution < -0.4 is 4.74 Å². The summed E-state index contributed by atoms with van der Waals surface area (Å²) >= 11 is 3.45. The Bertz CT molecular complexity index is 676. The fraction of sp³-hybridized carbons (Fsp3) is 0.188. The van der Waals surface area contributed by atoms with Gasteiger partial charge in [-0.05, 0) is 37.6 Å². The van der Waals surface area contributed by atoms with Gasteiger partial charge < -0.3 is 4.74 Å². The molecule has 0 fully saturated rings. The first-order valence-electron chi connectivity index (χ1n) is 6.17. The molecule has 0 bridgehead atoms. The van der Waals surface area contributed by atoms with E-state index in [9.17, 15) is 4.79 Å². The fourth-order valence-electron chi connectivity index (χ4n) is 1.96. The summed E-state index contributed by atoms with van der Waals surface area (Å²) in [7, 11) is 0. The summed E-state index contributed by atoms with van der Waals surface area (Å²) in [4.78, 5) is 14.2. The van der Waals surface area contributed by atoms with Gasteiger partial charge in [0.1, 0.15) is 12.4 Å². The number of hydrogen-bond acceptors (Lipinski definition) is 3. The first-order valence-corrected chi connectivity index (χ1v) is 6.96. The molecule has 0 unspecified atom stereocenters. The molecule has 0 aliphatic carbocycles. The number of carbonyl (C=O) groups excluding carboxylic acids is 1. The minimum atomic E-state index is 0.339. The van der Waals surface area contributed by atoms with Crippen LogP contribution in [0, 0.1) is 13.8 Å². The van der Waals surface area contributed by atoms with Crippen LogP contribution in [0.15, 0.2) is 45.9 Å². The molecule has 0 saturated heterocycles. The van der Waals surface area contributed by atoms with Crippen LogP contribution in [-0.2, 0) is 11.4 Å². The van der Waals surface area contributed by atoms with Crippen LogP contribution >= 0.6 is 15.9 Å². The Morgan fingerprint density at radius 3 is 2.75 bits per heavy atom. The van der Waals surface area contributed by atoms with E-state index in [0.717, 1.165) is 21.3 Å². The number of rotatable bonds is 4. The molecular formula is C16H14BrNO2. The highest BCUT2D eigenvalue weighted by Crippen LogP contribution is 2.29. The summed E-state index contributed by atoms with van der Waals surface area (Å²) in [6, 6.07) is 11.5. The van der Waals surface area contributed by atoms with Gasteiger partial charge in [-0.1, -0.05) is 39.7 Å². The second-order valence-electron chi connectivity index (χ2n) is 4.50. The van der Waals surface area contributed by atoms with Crippen LogP contribution in [0.5, 0.6) is 5.75 Å². The van der Waals surface area contributed by atoms with Gasteiger partial charge >= 0.3 is 0 Å². The van der Waals surface area contributed by atoms with Crippen LogP contribution in [0.1, 0.15) is 16.7 Å². The lowest BCUT2D eigenvalue weighted by Gasteiger charge is -2.12. The Kier molecular flexibility index (Phi) is 4.72. The maximum atomic E-state index is 10.5. The Labute approximate surface area is 126 Å². The molecular weight excluding hydrogens is 318 g/mol. The predicted octanol–water partition coefficient (Wildman–Crippen LogP) is 4.61. The highest BCUT2D eigenvalue weighted by atomic mass is 79.9. The van der Waals surface area contributed by atoms with E-state index in [1.54, 1.807) is 12.1 Å². The average Bonchev–Trinajstić information content (AvgIpc) is 2.40. The van der Waals surface area contributed by atoms with Gasteiger partial charge in [-0.3, -0.25) is 0 Å². The predicted molar refractivity (Wildman–Crippen MR) is 82.2 cm³/mol. The van der Waals surface area contributed by atoms with Crippen molar-refractivity contribution in [2.45, 2.75) is 20.5 Å². The van der Waals surface area contributed by atoms with E-state index in [1.807, 2.05) is 38.1 Å². The molecule has 0 N–H and O–H groups in total. The summed E-state index contributed by atoms with van der Waals surface area (Å²) in [5, 5.41) is 0. The van der Waals surface area contributed by atoms with E-state index in [-0.39, 0.29) is 0 Å². The topological polar surface area (TPSA) is 38.7 Å². The molecule has 3 nitrogen and oxygen atoms in total. The minimum Gasteiger partial charge on any atom is -0.489 e. The summed E-state index contributed by atoms with van der Waals surface area (Å²) in [6.45, 7) is 4.39. The molecule has 2 rings (SSSR count). The van der Waals surface area contributed by atoms with Crippen molar-refractivity contribution in [2.24, 2.45) is 4.99 Å². The number of hydrogen-bond donors (Lipinski definition) is 0. The summed E-state index contributed by atoms with van der Waals surface area (Å²) in [6.07, 6.45) is 1.57. The van der Waals surface area contributed by atoms with Gasteiger partial charge in [0.15, 0.2) is 0 Å². The molecule has 2 aromatic rings. The molecule has 20 heavy (non-hydrogen) atoms. The monoisotopic (exact) mass is 331 g/mol. The number of nitrogens with zero attached hydrogens (tertiary/aromatic N) is 1. The third-order valence-electron chi connectivity index (χ3n) is 2.96. The average molecular weight is 332 g/mol. The number of aliphatic imine (C=N–C) groups is 1. The molecule has 0 atom stereocenters. The molecule has 0 radical (unpaired) electrons. The van der Waals surface area contributed by atoms with Gasteiger partial charge in [0, 0.05) is 10.0 Å². The third kappa shape index (κ3) is 3.35. The van der Waals surface area contributed by atoms with Gasteiger partial charge in [0.2, 0.25) is 6.08 Å². The molecule has 0 aliphatic rings. The fourth-order valence-corrected chi connectivity index (χ4v) is 2.43. The van der Waals surface area contributed by atoms with Crippen molar-refractivity contribution in [3.05, 3.63) is 57.6 Å². The van der Waals surface area contributed by atoms with Crippen molar-refractivity contribution in [2.75, 3.05) is 0 Å². The lowest BCUT2D eigenvalue weighted by atomic mass is 10.1. The van der Waals surface area contributed by atoms with Crippen molar-refractivity contribution in [3.8, 4) is 5.75 Å². The van der Waals surface area contributed by atoms with E-state index in [2.05, 4.69) is 27.0 Å². The Hall–Kier alpha value is -1.90. The van der Waals surface area contributed by atoms with Gasteiger partial charge in [-0.2, -0.15) is 4.99 Å². The Morgan fingerprint density at radius 2 is 2.05 bits per heavy atom.